The molecule has 0 fully saturated rings. The van der Waals surface area contributed by atoms with Gasteiger partial charge in [-0.25, -0.2) is 0 Å². The number of benzene rings is 1. The van der Waals surface area contributed by atoms with Crippen LogP contribution in [0.1, 0.15) is 54.5 Å². The number of methoxy groups -OCH3 is 2. The summed E-state index contributed by atoms with van der Waals surface area (Å²) in [6.07, 6.45) is 0.928. The highest BCUT2D eigenvalue weighted by Gasteiger charge is 2.32. The summed E-state index contributed by atoms with van der Waals surface area (Å²) in [4.78, 5) is 8.34. The van der Waals surface area contributed by atoms with E-state index in [-0.39, 0.29) is 11.5 Å². The lowest BCUT2D eigenvalue weighted by molar-refractivity contribution is 0.179. The fraction of sp³-hybridized carbons (Fsp3) is 0.455. The molecule has 1 unspecified atom stereocenters. The van der Waals surface area contributed by atoms with E-state index in [1.54, 1.807) is 25.6 Å². The molecule has 0 saturated carbocycles. The molecule has 1 aliphatic rings. The number of nitrogens with zero attached hydrogens (tertiary/aromatic N) is 3. The Morgan fingerprint density at radius 1 is 1.21 bits per heavy atom. The van der Waals surface area contributed by atoms with E-state index in [4.69, 9.17) is 14.0 Å². The van der Waals surface area contributed by atoms with E-state index >= 15 is 0 Å². The van der Waals surface area contributed by atoms with Crippen LogP contribution in [-0.2, 0) is 18.4 Å². The lowest BCUT2D eigenvalue weighted by atomic mass is 9.91. The van der Waals surface area contributed by atoms with Gasteiger partial charge >= 0.3 is 0 Å². The second kappa shape index (κ2) is 7.80. The Labute approximate surface area is 175 Å². The third-order valence-corrected chi connectivity index (χ3v) is 6.19. The molecule has 0 aliphatic carbocycles. The standard InChI is InChI=1S/C22H27N3O3S/c1-22(2,3)21-23-19(28-24-21)13-25-9-8-14-11-16(26-4)17(27-5)12-15(14)20(25)18-7-6-10-29-18/h6-7,10-12,20H,8-9,13H2,1-5H3. The molecule has 3 aromatic rings. The first kappa shape index (κ1) is 19.9. The van der Waals surface area contributed by atoms with Crippen molar-refractivity contribution < 1.29 is 14.0 Å². The van der Waals surface area contributed by atoms with E-state index in [0.29, 0.717) is 12.4 Å². The average molecular weight is 414 g/mol. The summed E-state index contributed by atoms with van der Waals surface area (Å²) in [6, 6.07) is 8.61. The quantitative estimate of drug-likeness (QED) is 0.610. The van der Waals surface area contributed by atoms with E-state index in [9.17, 15) is 0 Å². The Bertz CT molecular complexity index is 976. The molecule has 29 heavy (non-hydrogen) atoms. The smallest absolute Gasteiger partial charge is 0.240 e. The highest BCUT2D eigenvalue weighted by atomic mass is 32.1. The summed E-state index contributed by atoms with van der Waals surface area (Å²) in [5.41, 5.74) is 2.40. The highest BCUT2D eigenvalue weighted by molar-refractivity contribution is 7.10. The number of ether oxygens (including phenoxy) is 2. The molecule has 154 valence electrons. The van der Waals surface area contributed by atoms with Crippen LogP contribution in [0, 0.1) is 0 Å². The van der Waals surface area contributed by atoms with Gasteiger partial charge in [0, 0.05) is 16.8 Å². The Kier molecular flexibility index (Phi) is 5.36. The Morgan fingerprint density at radius 2 is 1.97 bits per heavy atom. The topological polar surface area (TPSA) is 60.6 Å². The Morgan fingerprint density at radius 3 is 2.59 bits per heavy atom. The fourth-order valence-electron chi connectivity index (χ4n) is 3.75. The van der Waals surface area contributed by atoms with Crippen molar-refractivity contribution in [1.29, 1.82) is 0 Å². The predicted octanol–water partition coefficient (Wildman–Crippen LogP) is 4.59. The van der Waals surface area contributed by atoms with E-state index in [2.05, 4.69) is 65.5 Å². The van der Waals surface area contributed by atoms with Crippen molar-refractivity contribution in [2.75, 3.05) is 20.8 Å². The Hall–Kier alpha value is -2.38. The van der Waals surface area contributed by atoms with E-state index < -0.39 is 0 Å². The van der Waals surface area contributed by atoms with Crippen LogP contribution in [0.5, 0.6) is 11.5 Å². The zero-order chi connectivity index (χ0) is 20.6. The maximum Gasteiger partial charge on any atom is 0.240 e. The fourth-order valence-corrected chi connectivity index (χ4v) is 4.62. The number of hydrogen-bond donors (Lipinski definition) is 0. The summed E-state index contributed by atoms with van der Waals surface area (Å²) in [6.45, 7) is 7.78. The molecule has 0 radical (unpaired) electrons. The molecular weight excluding hydrogens is 386 g/mol. The van der Waals surface area contributed by atoms with Gasteiger partial charge in [0.2, 0.25) is 5.89 Å². The predicted molar refractivity (Wildman–Crippen MR) is 113 cm³/mol. The first-order chi connectivity index (χ1) is 13.9. The van der Waals surface area contributed by atoms with Crippen molar-refractivity contribution in [2.45, 2.75) is 45.2 Å². The van der Waals surface area contributed by atoms with Crippen molar-refractivity contribution in [3.05, 3.63) is 57.4 Å². The summed E-state index contributed by atoms with van der Waals surface area (Å²) in [5.74, 6) is 2.92. The van der Waals surface area contributed by atoms with E-state index in [0.717, 1.165) is 30.3 Å². The van der Waals surface area contributed by atoms with Gasteiger partial charge in [0.15, 0.2) is 17.3 Å². The summed E-state index contributed by atoms with van der Waals surface area (Å²) >= 11 is 1.76. The third-order valence-electron chi connectivity index (χ3n) is 5.26. The van der Waals surface area contributed by atoms with Crippen molar-refractivity contribution in [2.24, 2.45) is 0 Å². The molecule has 0 saturated heterocycles. The SMILES string of the molecule is COc1cc2c(cc1OC)C(c1cccs1)N(Cc1nc(C(C)(C)C)no1)CC2. The summed E-state index contributed by atoms with van der Waals surface area (Å²) in [5, 5.41) is 6.31. The summed E-state index contributed by atoms with van der Waals surface area (Å²) < 4.78 is 16.7. The third kappa shape index (κ3) is 3.89. The maximum absolute atomic E-state index is 5.58. The number of hydrogen-bond acceptors (Lipinski definition) is 7. The van der Waals surface area contributed by atoms with Gasteiger partial charge in [-0.2, -0.15) is 4.98 Å². The molecule has 1 aromatic carbocycles. The van der Waals surface area contributed by atoms with Crippen LogP contribution in [0.15, 0.2) is 34.2 Å². The largest absolute Gasteiger partial charge is 0.493 e. The Balaban J connectivity index is 1.71. The second-order valence-corrected chi connectivity index (χ2v) is 9.29. The first-order valence-electron chi connectivity index (χ1n) is 9.76. The normalized spacial score (nSPS) is 17.2. The molecule has 3 heterocycles. The molecule has 0 amide bonds. The molecule has 7 heteroatoms. The van der Waals surface area contributed by atoms with Gasteiger partial charge < -0.3 is 14.0 Å². The first-order valence-corrected chi connectivity index (χ1v) is 10.6. The van der Waals surface area contributed by atoms with Gasteiger partial charge in [0.05, 0.1) is 26.8 Å². The maximum atomic E-state index is 5.58. The minimum Gasteiger partial charge on any atom is -0.493 e. The number of fused-ring (bicyclic) bond motifs is 1. The van der Waals surface area contributed by atoms with Gasteiger partial charge in [0.1, 0.15) is 0 Å². The molecule has 4 rings (SSSR count). The van der Waals surface area contributed by atoms with Crippen LogP contribution in [0.4, 0.5) is 0 Å². The molecule has 1 atom stereocenters. The molecule has 2 aromatic heterocycles. The van der Waals surface area contributed by atoms with Crippen LogP contribution >= 0.6 is 11.3 Å². The van der Waals surface area contributed by atoms with E-state index in [1.807, 2.05) is 0 Å². The second-order valence-electron chi connectivity index (χ2n) is 8.31. The van der Waals surface area contributed by atoms with Crippen molar-refractivity contribution in [3.63, 3.8) is 0 Å². The van der Waals surface area contributed by atoms with Crippen LogP contribution in [0.2, 0.25) is 0 Å². The zero-order valence-corrected chi connectivity index (χ0v) is 18.4. The monoisotopic (exact) mass is 413 g/mol. The van der Waals surface area contributed by atoms with Crippen molar-refractivity contribution >= 4 is 11.3 Å². The number of aromatic nitrogens is 2. The number of thiophene rings is 1. The number of rotatable bonds is 5. The highest BCUT2D eigenvalue weighted by Crippen LogP contribution is 2.42. The van der Waals surface area contributed by atoms with Gasteiger partial charge in [-0.1, -0.05) is 32.0 Å². The molecular formula is C22H27N3O3S. The van der Waals surface area contributed by atoms with Crippen LogP contribution in [0.25, 0.3) is 0 Å². The molecule has 0 bridgehead atoms. The lowest BCUT2D eigenvalue weighted by Gasteiger charge is -2.36. The van der Waals surface area contributed by atoms with Gasteiger partial charge in [-0.05, 0) is 41.1 Å². The molecule has 0 spiro atoms. The van der Waals surface area contributed by atoms with Crippen LogP contribution in [-0.4, -0.2) is 35.8 Å². The minimum absolute atomic E-state index is 0.114. The van der Waals surface area contributed by atoms with Gasteiger partial charge in [0.25, 0.3) is 0 Å². The lowest BCUT2D eigenvalue weighted by Crippen LogP contribution is -2.35. The minimum atomic E-state index is -0.132. The summed E-state index contributed by atoms with van der Waals surface area (Å²) in [7, 11) is 3.36. The van der Waals surface area contributed by atoms with Crippen molar-refractivity contribution in [3.8, 4) is 11.5 Å². The molecule has 6 nitrogen and oxygen atoms in total. The average Bonchev–Trinajstić information content (AvgIpc) is 3.38. The van der Waals surface area contributed by atoms with Crippen LogP contribution in [0.3, 0.4) is 0 Å². The van der Waals surface area contributed by atoms with Gasteiger partial charge in [-0.3, -0.25) is 4.90 Å². The van der Waals surface area contributed by atoms with Crippen LogP contribution < -0.4 is 9.47 Å². The zero-order valence-electron chi connectivity index (χ0n) is 17.6. The van der Waals surface area contributed by atoms with Crippen molar-refractivity contribution in [1.82, 2.24) is 15.0 Å². The van der Waals surface area contributed by atoms with E-state index in [1.165, 1.54) is 16.0 Å². The molecule has 0 N–H and O–H groups in total. The van der Waals surface area contributed by atoms with Gasteiger partial charge in [-0.15, -0.1) is 11.3 Å². The molecule has 1 aliphatic heterocycles.